The smallest absolute Gasteiger partial charge is 0.293 e. The van der Waals surface area contributed by atoms with Gasteiger partial charge < -0.3 is 4.74 Å². The van der Waals surface area contributed by atoms with Gasteiger partial charge in [-0.25, -0.2) is 4.39 Å². The van der Waals surface area contributed by atoms with E-state index >= 15 is 0 Å². The third-order valence-electron chi connectivity index (χ3n) is 3.80. The van der Waals surface area contributed by atoms with Crippen molar-refractivity contribution < 1.29 is 18.7 Å². The minimum atomic E-state index is -0.555. The molecule has 2 aromatic carbocycles. The monoisotopic (exact) mass is 403 g/mol. The summed E-state index contributed by atoms with van der Waals surface area (Å²) in [5.41, 5.74) is 0.863. The number of rotatable bonds is 6. The zero-order valence-corrected chi connectivity index (χ0v) is 15.7. The minimum Gasteiger partial charge on any atom is -0.490 e. The number of amides is 2. The van der Waals surface area contributed by atoms with Crippen LogP contribution in [0.25, 0.3) is 6.08 Å². The Morgan fingerprint density at radius 2 is 1.93 bits per heavy atom. The van der Waals surface area contributed by atoms with Crippen LogP contribution in [-0.4, -0.2) is 22.7 Å². The van der Waals surface area contributed by atoms with Crippen molar-refractivity contribution in [3.8, 4) is 5.75 Å². The fourth-order valence-corrected chi connectivity index (χ4v) is 3.51. The van der Waals surface area contributed by atoms with E-state index in [9.17, 15) is 14.0 Å². The number of benzene rings is 2. The van der Waals surface area contributed by atoms with Crippen LogP contribution in [0.4, 0.5) is 9.18 Å². The number of ether oxygens (including phenoxy) is 1. The molecule has 2 amide bonds. The second-order valence-corrected chi connectivity index (χ2v) is 7.04. The first-order chi connectivity index (χ1) is 13.0. The molecule has 1 saturated heterocycles. The first-order valence-electron chi connectivity index (χ1n) is 8.01. The molecule has 0 N–H and O–H groups in total. The van der Waals surface area contributed by atoms with Crippen LogP contribution < -0.4 is 4.74 Å². The number of imide groups is 1. The van der Waals surface area contributed by atoms with E-state index in [0.717, 1.165) is 22.2 Å². The van der Waals surface area contributed by atoms with Gasteiger partial charge in [0.05, 0.1) is 11.4 Å². The lowest BCUT2D eigenvalue weighted by Gasteiger charge is -2.14. The Morgan fingerprint density at radius 3 is 2.59 bits per heavy atom. The van der Waals surface area contributed by atoms with E-state index in [2.05, 4.69) is 6.58 Å². The van der Waals surface area contributed by atoms with Gasteiger partial charge in [-0.3, -0.25) is 14.5 Å². The number of hydrogen-bond donors (Lipinski definition) is 0. The average molecular weight is 404 g/mol. The molecule has 3 rings (SSSR count). The van der Waals surface area contributed by atoms with Gasteiger partial charge >= 0.3 is 0 Å². The van der Waals surface area contributed by atoms with Crippen LogP contribution in [0.5, 0.6) is 5.75 Å². The number of halogens is 2. The minimum absolute atomic E-state index is 0.117. The summed E-state index contributed by atoms with van der Waals surface area (Å²) in [6.07, 6.45) is 3.26. The Bertz CT molecular complexity index is 907. The van der Waals surface area contributed by atoms with Crippen LogP contribution in [0.2, 0.25) is 5.02 Å². The van der Waals surface area contributed by atoms with Crippen molar-refractivity contribution in [3.05, 3.63) is 82.0 Å². The number of hydrogen-bond acceptors (Lipinski definition) is 4. The topological polar surface area (TPSA) is 46.6 Å². The van der Waals surface area contributed by atoms with E-state index < -0.39 is 17.0 Å². The second kappa shape index (κ2) is 8.41. The summed E-state index contributed by atoms with van der Waals surface area (Å²) in [7, 11) is 0. The Kier molecular flexibility index (Phi) is 5.98. The van der Waals surface area contributed by atoms with Crippen molar-refractivity contribution in [1.82, 2.24) is 4.90 Å². The molecule has 1 heterocycles. The van der Waals surface area contributed by atoms with Crippen molar-refractivity contribution in [2.75, 3.05) is 6.61 Å². The van der Waals surface area contributed by atoms with Crippen molar-refractivity contribution in [2.24, 2.45) is 0 Å². The fraction of sp³-hybridized carbons (Fsp3) is 0.100. The Morgan fingerprint density at radius 1 is 1.19 bits per heavy atom. The number of carbonyl (C=O) groups excluding carboxylic acids is 2. The van der Waals surface area contributed by atoms with Crippen molar-refractivity contribution in [1.29, 1.82) is 0 Å². The summed E-state index contributed by atoms with van der Waals surface area (Å²) in [6.45, 7) is 3.78. The van der Waals surface area contributed by atoms with E-state index in [4.69, 9.17) is 16.3 Å². The molecule has 1 aliphatic rings. The third-order valence-corrected chi connectivity index (χ3v) is 5.06. The maximum atomic E-state index is 14.0. The van der Waals surface area contributed by atoms with E-state index in [1.165, 1.54) is 18.2 Å². The molecule has 0 radical (unpaired) electrons. The quantitative estimate of drug-likeness (QED) is 0.486. The van der Waals surface area contributed by atoms with Gasteiger partial charge in [0.15, 0.2) is 0 Å². The van der Waals surface area contributed by atoms with Gasteiger partial charge in [0, 0.05) is 10.6 Å². The number of thioether (sulfide) groups is 1. The number of nitrogens with zero attached hydrogens (tertiary/aromatic N) is 1. The van der Waals surface area contributed by atoms with Crippen LogP contribution in [-0.2, 0) is 11.3 Å². The lowest BCUT2D eigenvalue weighted by molar-refractivity contribution is -0.123. The maximum absolute atomic E-state index is 14.0. The second-order valence-electron chi connectivity index (χ2n) is 5.64. The Hall–Kier alpha value is -2.57. The first kappa shape index (κ1) is 19.2. The maximum Gasteiger partial charge on any atom is 0.293 e. The zero-order valence-electron chi connectivity index (χ0n) is 14.2. The van der Waals surface area contributed by atoms with Crippen molar-refractivity contribution in [3.63, 3.8) is 0 Å². The van der Waals surface area contributed by atoms with E-state index in [0.29, 0.717) is 12.4 Å². The summed E-state index contributed by atoms with van der Waals surface area (Å²) in [6, 6.07) is 11.3. The van der Waals surface area contributed by atoms with Gasteiger partial charge in [0.1, 0.15) is 18.2 Å². The molecule has 27 heavy (non-hydrogen) atoms. The third kappa shape index (κ3) is 4.40. The van der Waals surface area contributed by atoms with Gasteiger partial charge in [-0.05, 0) is 47.7 Å². The first-order valence-corrected chi connectivity index (χ1v) is 9.21. The molecule has 0 spiro atoms. The lowest BCUT2D eigenvalue weighted by Crippen LogP contribution is -2.28. The van der Waals surface area contributed by atoms with Gasteiger partial charge in [-0.2, -0.15) is 0 Å². The zero-order chi connectivity index (χ0) is 19.4. The summed E-state index contributed by atoms with van der Waals surface area (Å²) in [5.74, 6) is -0.355. The largest absolute Gasteiger partial charge is 0.490 e. The van der Waals surface area contributed by atoms with E-state index in [1.54, 1.807) is 36.4 Å². The molecule has 0 aromatic heterocycles. The van der Waals surface area contributed by atoms with Gasteiger partial charge in [-0.15, -0.1) is 0 Å². The molecule has 1 fully saturated rings. The molecule has 0 unspecified atom stereocenters. The van der Waals surface area contributed by atoms with Gasteiger partial charge in [-0.1, -0.05) is 42.5 Å². The highest BCUT2D eigenvalue weighted by atomic mass is 35.5. The van der Waals surface area contributed by atoms with Crippen LogP contribution >= 0.6 is 23.4 Å². The normalized spacial score (nSPS) is 15.5. The predicted molar refractivity (Wildman–Crippen MR) is 105 cm³/mol. The Labute approximate surface area is 165 Å². The molecular formula is C20H15ClFNO3S. The molecule has 0 aliphatic carbocycles. The van der Waals surface area contributed by atoms with Gasteiger partial charge in [0.2, 0.25) is 0 Å². The molecule has 0 bridgehead atoms. The van der Waals surface area contributed by atoms with Gasteiger partial charge in [0.25, 0.3) is 11.1 Å². The standard InChI is InChI=1S/C20H15ClFNO3S/c1-2-10-26-14-8-6-13(7-9-14)11-18-19(24)23(20(25)27-18)12-15-16(21)4-3-5-17(15)22/h2-9,11H,1,10,12H2. The predicted octanol–water partition coefficient (Wildman–Crippen LogP) is 5.28. The molecular weight excluding hydrogens is 389 g/mol. The lowest BCUT2D eigenvalue weighted by atomic mass is 10.2. The molecule has 0 saturated carbocycles. The molecule has 4 nitrogen and oxygen atoms in total. The fourth-order valence-electron chi connectivity index (χ4n) is 2.44. The van der Waals surface area contributed by atoms with Crippen LogP contribution in [0.15, 0.2) is 60.0 Å². The highest BCUT2D eigenvalue weighted by Crippen LogP contribution is 2.34. The highest BCUT2D eigenvalue weighted by molar-refractivity contribution is 8.18. The molecule has 0 atom stereocenters. The van der Waals surface area contributed by atoms with E-state index in [1.807, 2.05) is 0 Å². The van der Waals surface area contributed by atoms with E-state index in [-0.39, 0.29) is 22.0 Å². The van der Waals surface area contributed by atoms with Crippen molar-refractivity contribution >= 4 is 40.6 Å². The Balaban J connectivity index is 1.77. The van der Waals surface area contributed by atoms with Crippen LogP contribution in [0.1, 0.15) is 11.1 Å². The highest BCUT2D eigenvalue weighted by Gasteiger charge is 2.35. The molecule has 2 aromatic rings. The summed E-state index contributed by atoms with van der Waals surface area (Å²) in [5, 5.41) is -0.287. The number of carbonyl (C=O) groups is 2. The summed E-state index contributed by atoms with van der Waals surface area (Å²) in [4.78, 5) is 26.0. The van der Waals surface area contributed by atoms with Crippen molar-refractivity contribution in [2.45, 2.75) is 6.54 Å². The summed E-state index contributed by atoms with van der Waals surface area (Å²) < 4.78 is 19.4. The summed E-state index contributed by atoms with van der Waals surface area (Å²) >= 11 is 6.81. The van der Waals surface area contributed by atoms with Crippen LogP contribution in [0, 0.1) is 5.82 Å². The van der Waals surface area contributed by atoms with Crippen LogP contribution in [0.3, 0.4) is 0 Å². The SMILES string of the molecule is C=CCOc1ccc(C=C2SC(=O)N(Cc3c(F)cccc3Cl)C2=O)cc1. The molecule has 138 valence electrons. The molecule has 7 heteroatoms. The molecule has 1 aliphatic heterocycles. The average Bonchev–Trinajstić information content (AvgIpc) is 2.91.